The van der Waals surface area contributed by atoms with Gasteiger partial charge in [-0.1, -0.05) is 12.1 Å². The first-order valence-corrected chi connectivity index (χ1v) is 8.35. The molecule has 27 heavy (non-hydrogen) atoms. The predicted molar refractivity (Wildman–Crippen MR) is 98.1 cm³/mol. The lowest BCUT2D eigenvalue weighted by atomic mass is 10.0. The number of carbonyl (C=O) groups excluding carboxylic acids is 2. The summed E-state index contributed by atoms with van der Waals surface area (Å²) in [6.07, 6.45) is 0.650. The first-order valence-electron chi connectivity index (χ1n) is 8.35. The Hall–Kier alpha value is -3.30. The van der Waals surface area contributed by atoms with Gasteiger partial charge in [0.15, 0.2) is 5.96 Å². The van der Waals surface area contributed by atoms with Crippen LogP contribution in [0.4, 0.5) is 0 Å². The molecule has 0 bridgehead atoms. The van der Waals surface area contributed by atoms with Crippen molar-refractivity contribution in [2.45, 2.75) is 38.3 Å². The van der Waals surface area contributed by atoms with Crippen LogP contribution < -0.4 is 21.7 Å². The zero-order valence-electron chi connectivity index (χ0n) is 15.0. The maximum absolute atomic E-state index is 12.5. The fourth-order valence-corrected chi connectivity index (χ4v) is 2.38. The van der Waals surface area contributed by atoms with Gasteiger partial charge < -0.3 is 31.9 Å². The van der Waals surface area contributed by atoms with Crippen molar-refractivity contribution < 1.29 is 24.6 Å². The zero-order valence-corrected chi connectivity index (χ0v) is 15.0. The molecule has 0 heterocycles. The molecule has 1 aromatic carbocycles. The SMILES string of the molecule is CC(=O)N[C@@H](Cc1ccc(O)cc1)C(=O)N[C@@H](CCCNC(=N)N)C(=O)O. The first kappa shape index (κ1) is 21.7. The van der Waals surface area contributed by atoms with Crippen LogP contribution in [0.15, 0.2) is 24.3 Å². The molecule has 0 saturated carbocycles. The van der Waals surface area contributed by atoms with Crippen LogP contribution in [0, 0.1) is 5.41 Å². The van der Waals surface area contributed by atoms with E-state index in [1.54, 1.807) is 12.1 Å². The van der Waals surface area contributed by atoms with E-state index in [4.69, 9.17) is 11.1 Å². The molecule has 0 aliphatic heterocycles. The molecule has 0 aliphatic carbocycles. The Morgan fingerprint density at radius 1 is 1.15 bits per heavy atom. The number of rotatable bonds is 10. The molecule has 0 aliphatic rings. The van der Waals surface area contributed by atoms with E-state index in [-0.39, 0.29) is 24.6 Å². The van der Waals surface area contributed by atoms with E-state index < -0.39 is 29.9 Å². The molecule has 1 aromatic rings. The maximum Gasteiger partial charge on any atom is 0.326 e. The number of benzene rings is 1. The van der Waals surface area contributed by atoms with E-state index in [1.807, 2.05) is 0 Å². The van der Waals surface area contributed by atoms with E-state index in [0.717, 1.165) is 0 Å². The monoisotopic (exact) mass is 379 g/mol. The van der Waals surface area contributed by atoms with Gasteiger partial charge in [-0.2, -0.15) is 0 Å². The van der Waals surface area contributed by atoms with Crippen LogP contribution in [0.2, 0.25) is 0 Å². The van der Waals surface area contributed by atoms with E-state index in [9.17, 15) is 24.6 Å². The summed E-state index contributed by atoms with van der Waals surface area (Å²) >= 11 is 0. The fourth-order valence-electron chi connectivity index (χ4n) is 2.38. The molecule has 1 rings (SSSR count). The minimum Gasteiger partial charge on any atom is -0.508 e. The van der Waals surface area contributed by atoms with Crippen LogP contribution in [0.1, 0.15) is 25.3 Å². The fraction of sp³-hybridized carbons (Fsp3) is 0.412. The van der Waals surface area contributed by atoms with Gasteiger partial charge in [-0.25, -0.2) is 4.79 Å². The van der Waals surface area contributed by atoms with E-state index in [1.165, 1.54) is 19.1 Å². The number of phenols is 1. The van der Waals surface area contributed by atoms with Crippen molar-refractivity contribution in [1.82, 2.24) is 16.0 Å². The van der Waals surface area contributed by atoms with Crippen molar-refractivity contribution in [3.8, 4) is 5.75 Å². The number of amides is 2. The molecule has 10 heteroatoms. The minimum atomic E-state index is -1.20. The maximum atomic E-state index is 12.5. The summed E-state index contributed by atoms with van der Waals surface area (Å²) in [6, 6.07) is 4.05. The Bertz CT molecular complexity index is 677. The number of phenolic OH excluding ortho intramolecular Hbond substituents is 1. The van der Waals surface area contributed by atoms with Gasteiger partial charge in [0.1, 0.15) is 17.8 Å². The predicted octanol–water partition coefficient (Wildman–Crippen LogP) is -0.728. The van der Waals surface area contributed by atoms with Crippen molar-refractivity contribution >= 4 is 23.7 Å². The summed E-state index contributed by atoms with van der Waals surface area (Å²) in [5.41, 5.74) is 5.84. The molecule has 2 amide bonds. The van der Waals surface area contributed by atoms with Gasteiger partial charge >= 0.3 is 5.97 Å². The summed E-state index contributed by atoms with van der Waals surface area (Å²) in [5, 5.41) is 33.2. The van der Waals surface area contributed by atoms with Crippen LogP contribution >= 0.6 is 0 Å². The number of hydrogen-bond donors (Lipinski definition) is 7. The van der Waals surface area contributed by atoms with Gasteiger partial charge in [0.05, 0.1) is 0 Å². The van der Waals surface area contributed by atoms with Crippen LogP contribution in [0.5, 0.6) is 5.75 Å². The normalized spacial score (nSPS) is 12.5. The lowest BCUT2D eigenvalue weighted by molar-refractivity contribution is -0.142. The Labute approximate surface area is 156 Å². The third kappa shape index (κ3) is 8.56. The van der Waals surface area contributed by atoms with Crippen molar-refractivity contribution in [2.24, 2.45) is 5.73 Å². The molecule has 0 radical (unpaired) electrons. The number of aliphatic carboxylic acids is 1. The highest BCUT2D eigenvalue weighted by molar-refractivity contribution is 5.90. The smallest absolute Gasteiger partial charge is 0.326 e. The molecule has 148 valence electrons. The molecule has 2 atom stereocenters. The van der Waals surface area contributed by atoms with E-state index in [0.29, 0.717) is 18.5 Å². The summed E-state index contributed by atoms with van der Waals surface area (Å²) < 4.78 is 0. The number of carboxylic acid groups (broad SMARTS) is 1. The van der Waals surface area contributed by atoms with Crippen LogP contribution in [-0.2, 0) is 20.8 Å². The molecule has 0 saturated heterocycles. The molecule has 0 spiro atoms. The highest BCUT2D eigenvalue weighted by Gasteiger charge is 2.26. The van der Waals surface area contributed by atoms with E-state index >= 15 is 0 Å². The Balaban J connectivity index is 2.73. The number of nitrogens with two attached hydrogens (primary N) is 1. The van der Waals surface area contributed by atoms with Gasteiger partial charge in [-0.05, 0) is 30.5 Å². The van der Waals surface area contributed by atoms with Crippen molar-refractivity contribution in [2.75, 3.05) is 6.54 Å². The van der Waals surface area contributed by atoms with Crippen molar-refractivity contribution in [1.29, 1.82) is 5.41 Å². The molecule has 10 nitrogen and oxygen atoms in total. The summed E-state index contributed by atoms with van der Waals surface area (Å²) in [4.78, 5) is 35.3. The van der Waals surface area contributed by atoms with Crippen molar-refractivity contribution in [3.05, 3.63) is 29.8 Å². The molecule has 0 fully saturated rings. The Morgan fingerprint density at radius 3 is 2.30 bits per heavy atom. The van der Waals surface area contributed by atoms with E-state index in [2.05, 4.69) is 16.0 Å². The average Bonchev–Trinajstić information content (AvgIpc) is 2.57. The molecule has 0 unspecified atom stereocenters. The highest BCUT2D eigenvalue weighted by Crippen LogP contribution is 2.12. The lowest BCUT2D eigenvalue weighted by Gasteiger charge is -2.21. The molecular formula is C17H25N5O5. The molecular weight excluding hydrogens is 354 g/mol. The highest BCUT2D eigenvalue weighted by atomic mass is 16.4. The minimum absolute atomic E-state index is 0.0735. The third-order valence-corrected chi connectivity index (χ3v) is 3.67. The third-order valence-electron chi connectivity index (χ3n) is 3.67. The molecule has 8 N–H and O–H groups in total. The topological polar surface area (TPSA) is 178 Å². The second kappa shape index (κ2) is 10.6. The summed E-state index contributed by atoms with van der Waals surface area (Å²) in [6.45, 7) is 1.57. The largest absolute Gasteiger partial charge is 0.508 e. The average molecular weight is 379 g/mol. The van der Waals surface area contributed by atoms with Crippen LogP contribution in [-0.4, -0.2) is 52.6 Å². The van der Waals surface area contributed by atoms with Gasteiger partial charge in [0, 0.05) is 19.9 Å². The second-order valence-electron chi connectivity index (χ2n) is 6.01. The lowest BCUT2D eigenvalue weighted by Crippen LogP contribution is -2.52. The van der Waals surface area contributed by atoms with Crippen molar-refractivity contribution in [3.63, 3.8) is 0 Å². The summed E-state index contributed by atoms with van der Waals surface area (Å²) in [5.74, 6) is -2.39. The number of carbonyl (C=O) groups is 3. The second-order valence-corrected chi connectivity index (χ2v) is 6.01. The standard InChI is InChI=1S/C17H25N5O5/c1-10(23)21-14(9-11-4-6-12(24)7-5-11)15(25)22-13(16(26)27)3-2-8-20-17(18)19/h4-7,13-14,24H,2-3,8-9H2,1H3,(H,21,23)(H,22,25)(H,26,27)(H4,18,19,20)/t13-,14-/m0/s1. The zero-order chi connectivity index (χ0) is 20.4. The van der Waals surface area contributed by atoms with Gasteiger partial charge in [0.25, 0.3) is 0 Å². The first-order chi connectivity index (χ1) is 12.7. The van der Waals surface area contributed by atoms with Gasteiger partial charge in [-0.3, -0.25) is 15.0 Å². The van der Waals surface area contributed by atoms with Gasteiger partial charge in [0.2, 0.25) is 11.8 Å². The van der Waals surface area contributed by atoms with Crippen LogP contribution in [0.25, 0.3) is 0 Å². The molecule has 0 aromatic heterocycles. The summed E-state index contributed by atoms with van der Waals surface area (Å²) in [7, 11) is 0. The number of hydrogen-bond acceptors (Lipinski definition) is 5. The van der Waals surface area contributed by atoms with Crippen LogP contribution in [0.3, 0.4) is 0 Å². The quantitative estimate of drug-likeness (QED) is 0.159. The number of guanidine groups is 1. The Morgan fingerprint density at radius 2 is 1.78 bits per heavy atom. The Kier molecular flexibility index (Phi) is 8.57. The number of nitrogens with one attached hydrogen (secondary N) is 4. The van der Waals surface area contributed by atoms with Gasteiger partial charge in [-0.15, -0.1) is 0 Å². The number of aromatic hydroxyl groups is 1. The number of carboxylic acids is 1.